The predicted octanol–water partition coefficient (Wildman–Crippen LogP) is 4.64. The van der Waals surface area contributed by atoms with Crippen molar-refractivity contribution >= 4 is 15.9 Å². The molecule has 1 aliphatic rings. The van der Waals surface area contributed by atoms with Crippen LogP contribution in [-0.2, 0) is 6.42 Å². The highest BCUT2D eigenvalue weighted by Crippen LogP contribution is 2.35. The minimum absolute atomic E-state index is 0.283. The zero-order valence-corrected chi connectivity index (χ0v) is 14.5. The Morgan fingerprint density at radius 2 is 2.10 bits per heavy atom. The second-order valence-electron chi connectivity index (χ2n) is 6.28. The highest BCUT2D eigenvalue weighted by atomic mass is 79.9. The van der Waals surface area contributed by atoms with Crippen LogP contribution in [0.25, 0.3) is 0 Å². The molecule has 3 atom stereocenters. The number of aromatic nitrogens is 2. The normalized spacial score (nSPS) is 26.8. The van der Waals surface area contributed by atoms with Crippen molar-refractivity contribution in [2.24, 2.45) is 17.8 Å². The van der Waals surface area contributed by atoms with Crippen LogP contribution in [0.5, 0.6) is 5.88 Å². The number of ether oxygens (including phenoxy) is 1. The molecule has 1 saturated carbocycles. The molecule has 0 spiro atoms. The molecule has 1 aromatic rings. The van der Waals surface area contributed by atoms with Gasteiger partial charge in [0.2, 0.25) is 5.88 Å². The molecule has 1 aliphatic carbocycles. The summed E-state index contributed by atoms with van der Waals surface area (Å²) in [6.45, 7) is 8.97. The summed E-state index contributed by atoms with van der Waals surface area (Å²) in [5.74, 6) is 3.58. The van der Waals surface area contributed by atoms with Gasteiger partial charge in [-0.2, -0.15) is 4.98 Å². The largest absolute Gasteiger partial charge is 0.474 e. The minimum Gasteiger partial charge on any atom is -0.474 e. The lowest BCUT2D eigenvalue weighted by Gasteiger charge is -2.37. The third-order valence-corrected chi connectivity index (χ3v) is 4.67. The fraction of sp³-hybridized carbons (Fsp3) is 0.750. The van der Waals surface area contributed by atoms with Crippen LogP contribution in [0.15, 0.2) is 10.7 Å². The molecule has 20 heavy (non-hydrogen) atoms. The van der Waals surface area contributed by atoms with Crippen molar-refractivity contribution in [1.82, 2.24) is 9.97 Å². The average Bonchev–Trinajstić information content (AvgIpc) is 2.37. The van der Waals surface area contributed by atoms with Crippen LogP contribution in [0.1, 0.15) is 52.8 Å². The fourth-order valence-electron chi connectivity index (χ4n) is 3.07. The van der Waals surface area contributed by atoms with Crippen molar-refractivity contribution in [2.45, 2.75) is 59.5 Å². The van der Waals surface area contributed by atoms with Gasteiger partial charge in [-0.05, 0) is 46.5 Å². The Labute approximate surface area is 130 Å². The number of rotatable bonds is 4. The molecule has 0 amide bonds. The molecule has 0 N–H and O–H groups in total. The van der Waals surface area contributed by atoms with E-state index in [-0.39, 0.29) is 6.10 Å². The molecule has 0 radical (unpaired) electrons. The first-order chi connectivity index (χ1) is 9.49. The maximum absolute atomic E-state index is 6.24. The maximum Gasteiger partial charge on any atom is 0.218 e. The molecule has 3 unspecified atom stereocenters. The Hall–Kier alpha value is -0.640. The van der Waals surface area contributed by atoms with Gasteiger partial charge in [-0.25, -0.2) is 4.98 Å². The SMILES string of the molecule is CCc1nc(Br)cc(OC2CC(C)CCC2C(C)C)n1. The van der Waals surface area contributed by atoms with Gasteiger partial charge in [0.1, 0.15) is 16.5 Å². The van der Waals surface area contributed by atoms with E-state index in [9.17, 15) is 0 Å². The van der Waals surface area contributed by atoms with Gasteiger partial charge in [0.25, 0.3) is 0 Å². The third kappa shape index (κ3) is 3.94. The van der Waals surface area contributed by atoms with Gasteiger partial charge in [0.05, 0.1) is 0 Å². The van der Waals surface area contributed by atoms with Crippen LogP contribution in [0.4, 0.5) is 0 Å². The van der Waals surface area contributed by atoms with Crippen molar-refractivity contribution in [3.8, 4) is 5.88 Å². The summed E-state index contributed by atoms with van der Waals surface area (Å²) in [5, 5.41) is 0. The molecule has 112 valence electrons. The molecular weight excluding hydrogens is 316 g/mol. The zero-order chi connectivity index (χ0) is 14.7. The van der Waals surface area contributed by atoms with E-state index in [2.05, 4.69) is 53.6 Å². The molecule has 1 fully saturated rings. The lowest BCUT2D eigenvalue weighted by atomic mass is 9.75. The van der Waals surface area contributed by atoms with E-state index in [0.717, 1.165) is 29.2 Å². The highest BCUT2D eigenvalue weighted by Gasteiger charge is 2.32. The van der Waals surface area contributed by atoms with E-state index in [1.165, 1.54) is 12.8 Å². The van der Waals surface area contributed by atoms with E-state index in [1.807, 2.05) is 6.07 Å². The molecule has 2 rings (SSSR count). The number of aryl methyl sites for hydroxylation is 1. The summed E-state index contributed by atoms with van der Waals surface area (Å²) >= 11 is 3.44. The number of hydrogen-bond acceptors (Lipinski definition) is 3. The molecule has 0 bridgehead atoms. The molecule has 1 aromatic heterocycles. The number of hydrogen-bond donors (Lipinski definition) is 0. The average molecular weight is 341 g/mol. The lowest BCUT2D eigenvalue weighted by Crippen LogP contribution is -2.36. The molecule has 3 nitrogen and oxygen atoms in total. The first-order valence-corrected chi connectivity index (χ1v) is 8.49. The molecule has 0 aliphatic heterocycles. The van der Waals surface area contributed by atoms with Gasteiger partial charge in [-0.3, -0.25) is 0 Å². The van der Waals surface area contributed by atoms with Gasteiger partial charge in [-0.15, -0.1) is 0 Å². The summed E-state index contributed by atoms with van der Waals surface area (Å²) in [5.41, 5.74) is 0. The molecule has 0 saturated heterocycles. The predicted molar refractivity (Wildman–Crippen MR) is 84.9 cm³/mol. The molecule has 1 heterocycles. The van der Waals surface area contributed by atoms with Crippen molar-refractivity contribution in [1.29, 1.82) is 0 Å². The first kappa shape index (κ1) is 15.7. The topological polar surface area (TPSA) is 35.0 Å². The summed E-state index contributed by atoms with van der Waals surface area (Å²) in [4.78, 5) is 8.84. The van der Waals surface area contributed by atoms with E-state index in [0.29, 0.717) is 17.7 Å². The van der Waals surface area contributed by atoms with Crippen molar-refractivity contribution in [3.05, 3.63) is 16.5 Å². The Balaban J connectivity index is 2.15. The van der Waals surface area contributed by atoms with Crippen LogP contribution < -0.4 is 4.74 Å². The summed E-state index contributed by atoms with van der Waals surface area (Å²) in [7, 11) is 0. The molecule has 0 aromatic carbocycles. The van der Waals surface area contributed by atoms with Crippen LogP contribution in [-0.4, -0.2) is 16.1 Å². The summed E-state index contributed by atoms with van der Waals surface area (Å²) in [6.07, 6.45) is 4.81. The highest BCUT2D eigenvalue weighted by molar-refractivity contribution is 9.10. The number of nitrogens with zero attached hydrogens (tertiary/aromatic N) is 2. The van der Waals surface area contributed by atoms with E-state index in [1.54, 1.807) is 0 Å². The monoisotopic (exact) mass is 340 g/mol. The van der Waals surface area contributed by atoms with E-state index < -0.39 is 0 Å². The van der Waals surface area contributed by atoms with Gasteiger partial charge < -0.3 is 4.74 Å². The quantitative estimate of drug-likeness (QED) is 0.748. The smallest absolute Gasteiger partial charge is 0.218 e. The van der Waals surface area contributed by atoms with Gasteiger partial charge in [0, 0.05) is 12.5 Å². The third-order valence-electron chi connectivity index (χ3n) is 4.27. The van der Waals surface area contributed by atoms with Gasteiger partial charge >= 0.3 is 0 Å². The number of halogens is 1. The fourth-order valence-corrected chi connectivity index (χ4v) is 3.47. The molecular formula is C16H25BrN2O. The van der Waals surface area contributed by atoms with Crippen molar-refractivity contribution in [2.75, 3.05) is 0 Å². The lowest BCUT2D eigenvalue weighted by molar-refractivity contribution is 0.0423. The Morgan fingerprint density at radius 1 is 1.35 bits per heavy atom. The Morgan fingerprint density at radius 3 is 2.75 bits per heavy atom. The molecule has 4 heteroatoms. The Kier molecular flexibility index (Phi) is 5.42. The van der Waals surface area contributed by atoms with Gasteiger partial charge in [-0.1, -0.05) is 34.1 Å². The minimum atomic E-state index is 0.283. The van der Waals surface area contributed by atoms with Gasteiger partial charge in [0.15, 0.2) is 0 Å². The second-order valence-corrected chi connectivity index (χ2v) is 7.09. The summed E-state index contributed by atoms with van der Waals surface area (Å²) < 4.78 is 7.05. The van der Waals surface area contributed by atoms with Crippen LogP contribution in [0, 0.1) is 17.8 Å². The summed E-state index contributed by atoms with van der Waals surface area (Å²) in [6, 6.07) is 1.88. The van der Waals surface area contributed by atoms with Crippen molar-refractivity contribution in [3.63, 3.8) is 0 Å². The van der Waals surface area contributed by atoms with Crippen LogP contribution in [0.3, 0.4) is 0 Å². The van der Waals surface area contributed by atoms with Crippen molar-refractivity contribution < 1.29 is 4.74 Å². The second kappa shape index (κ2) is 6.88. The zero-order valence-electron chi connectivity index (χ0n) is 12.9. The first-order valence-electron chi connectivity index (χ1n) is 7.69. The maximum atomic E-state index is 6.24. The van der Waals surface area contributed by atoms with E-state index >= 15 is 0 Å². The van der Waals surface area contributed by atoms with Crippen LogP contribution >= 0.6 is 15.9 Å². The standard InChI is InChI=1S/C16H25BrN2O/c1-5-15-18-14(17)9-16(19-15)20-13-8-11(4)6-7-12(13)10(2)3/h9-13H,5-8H2,1-4H3. The van der Waals surface area contributed by atoms with Crippen LogP contribution in [0.2, 0.25) is 0 Å². The van der Waals surface area contributed by atoms with E-state index in [4.69, 9.17) is 4.74 Å². The Bertz CT molecular complexity index is 450.